The van der Waals surface area contributed by atoms with Gasteiger partial charge < -0.3 is 29.9 Å². The third kappa shape index (κ3) is 4.29. The van der Waals surface area contributed by atoms with E-state index in [-0.39, 0.29) is 29.3 Å². The fourth-order valence-corrected chi connectivity index (χ4v) is 3.44. The van der Waals surface area contributed by atoms with Gasteiger partial charge in [-0.2, -0.15) is 0 Å². The van der Waals surface area contributed by atoms with E-state index in [0.29, 0.717) is 30.5 Å². The van der Waals surface area contributed by atoms with E-state index >= 15 is 0 Å². The Labute approximate surface area is 174 Å². The molecule has 0 saturated carbocycles. The number of carbonyl (C=O) groups is 2. The summed E-state index contributed by atoms with van der Waals surface area (Å²) in [6.07, 6.45) is 2.97. The highest BCUT2D eigenvalue weighted by Crippen LogP contribution is 2.38. The van der Waals surface area contributed by atoms with Crippen LogP contribution in [-0.2, 0) is 4.74 Å². The number of amides is 1. The molecule has 0 radical (unpaired) electrons. The van der Waals surface area contributed by atoms with Gasteiger partial charge in [-0.25, -0.2) is 9.59 Å². The van der Waals surface area contributed by atoms with E-state index < -0.39 is 11.6 Å². The summed E-state index contributed by atoms with van der Waals surface area (Å²) in [6, 6.07) is 4.14. The lowest BCUT2D eigenvalue weighted by molar-refractivity contribution is 0.00616. The molecule has 1 amide bonds. The molecule has 0 spiro atoms. The fourth-order valence-electron chi connectivity index (χ4n) is 3.44. The number of fused-ring (bicyclic) bond motifs is 1. The van der Waals surface area contributed by atoms with Crippen molar-refractivity contribution in [2.24, 2.45) is 0 Å². The van der Waals surface area contributed by atoms with Gasteiger partial charge in [-0.15, -0.1) is 0 Å². The Morgan fingerprint density at radius 3 is 2.47 bits per heavy atom. The summed E-state index contributed by atoms with van der Waals surface area (Å²) in [5.41, 5.74) is -0.131. The molecule has 1 atom stereocenters. The van der Waals surface area contributed by atoms with Crippen molar-refractivity contribution in [2.75, 3.05) is 19.6 Å². The number of rotatable bonds is 3. The average molecular weight is 417 g/mol. The minimum absolute atomic E-state index is 0.0502. The normalized spacial score (nSPS) is 17.7. The van der Waals surface area contributed by atoms with Crippen LogP contribution in [0.1, 0.15) is 38.1 Å². The highest BCUT2D eigenvalue weighted by molar-refractivity contribution is 5.97. The van der Waals surface area contributed by atoms with Crippen LogP contribution >= 0.6 is 0 Å². The Morgan fingerprint density at radius 1 is 1.17 bits per heavy atom. The van der Waals surface area contributed by atoms with Crippen LogP contribution < -0.4 is 0 Å². The predicted octanol–water partition coefficient (Wildman–Crippen LogP) is 3.12. The molecule has 0 unspecified atom stereocenters. The van der Waals surface area contributed by atoms with E-state index in [9.17, 15) is 24.9 Å². The van der Waals surface area contributed by atoms with Gasteiger partial charge in [0, 0.05) is 43.5 Å². The monoisotopic (exact) mass is 417 g/mol. The number of aromatic carboxylic acids is 1. The minimum Gasteiger partial charge on any atom is -0.503 e. The topological polar surface area (TPSA) is 115 Å². The number of carboxylic acid groups (broad SMARTS) is 1. The van der Waals surface area contributed by atoms with Gasteiger partial charge in [0.1, 0.15) is 5.60 Å². The predicted molar refractivity (Wildman–Crippen MR) is 112 cm³/mol. The largest absolute Gasteiger partial charge is 0.503 e. The van der Waals surface area contributed by atoms with Crippen molar-refractivity contribution in [2.45, 2.75) is 39.3 Å². The quantitative estimate of drug-likeness (QED) is 0.703. The average Bonchev–Trinajstić information content (AvgIpc) is 2.88. The maximum Gasteiger partial charge on any atom is 0.410 e. The van der Waals surface area contributed by atoms with E-state index in [0.717, 1.165) is 0 Å². The number of ether oxygens (including phenoxy) is 1. The molecular weight excluding hydrogens is 390 g/mol. The molecule has 1 aromatic heterocycles. The molecule has 162 valence electrons. The Bertz CT molecular complexity index is 1000. The molecule has 0 bridgehead atoms. The van der Waals surface area contributed by atoms with Gasteiger partial charge in [0.25, 0.3) is 0 Å². The van der Waals surface area contributed by atoms with Crippen molar-refractivity contribution in [3.63, 3.8) is 0 Å². The standard InChI is InChI=1S/C21H27N3O6/c1-13-12-22(7-9-23(13)20(29)30-21(2,3)4)8-10-24-16-11-14(19(27)28)5-6-15(16)17(25)18(24)26/h5-6,8,10-11,13,25-26H,7,9,12H2,1-4H3,(H,27,28)/t13-/m1/s1. The number of piperazine rings is 1. The van der Waals surface area contributed by atoms with Crippen molar-refractivity contribution in [1.29, 1.82) is 0 Å². The van der Waals surface area contributed by atoms with Crippen LogP contribution in [0, 0.1) is 0 Å². The van der Waals surface area contributed by atoms with Crippen LogP contribution in [0.5, 0.6) is 11.6 Å². The molecule has 1 fully saturated rings. The second kappa shape index (κ2) is 7.81. The fraction of sp³-hybridized carbons (Fsp3) is 0.429. The molecular formula is C21H27N3O6. The molecule has 1 aliphatic rings. The summed E-state index contributed by atoms with van der Waals surface area (Å²) in [5, 5.41) is 30.0. The first-order valence-corrected chi connectivity index (χ1v) is 9.69. The summed E-state index contributed by atoms with van der Waals surface area (Å²) in [7, 11) is 0. The molecule has 0 aliphatic carbocycles. The van der Waals surface area contributed by atoms with Crippen molar-refractivity contribution in [3.05, 3.63) is 30.0 Å². The zero-order valence-electron chi connectivity index (χ0n) is 17.5. The lowest BCUT2D eigenvalue weighted by Gasteiger charge is -2.39. The second-order valence-corrected chi connectivity index (χ2v) is 8.40. The summed E-state index contributed by atoms with van der Waals surface area (Å²) >= 11 is 0. The number of carboxylic acids is 1. The number of aromatic nitrogens is 1. The molecule has 9 heteroatoms. The van der Waals surface area contributed by atoms with Gasteiger partial charge >= 0.3 is 12.1 Å². The van der Waals surface area contributed by atoms with Gasteiger partial charge in [0.15, 0.2) is 5.75 Å². The minimum atomic E-state index is -1.10. The number of hydrogen-bond donors (Lipinski definition) is 3. The van der Waals surface area contributed by atoms with Crippen molar-refractivity contribution >= 4 is 29.2 Å². The first kappa shape index (κ1) is 21.4. The molecule has 2 heterocycles. The molecule has 3 rings (SSSR count). The van der Waals surface area contributed by atoms with Crippen LogP contribution in [0.2, 0.25) is 0 Å². The van der Waals surface area contributed by atoms with Gasteiger partial charge in [-0.1, -0.05) is 0 Å². The Hall–Kier alpha value is -3.36. The van der Waals surface area contributed by atoms with E-state index in [1.807, 2.05) is 32.6 Å². The Balaban J connectivity index is 1.78. The van der Waals surface area contributed by atoms with Crippen molar-refractivity contribution < 1.29 is 29.6 Å². The zero-order chi connectivity index (χ0) is 22.2. The van der Waals surface area contributed by atoms with Gasteiger partial charge in [-0.05, 0) is 45.9 Å². The van der Waals surface area contributed by atoms with Crippen LogP contribution in [0.25, 0.3) is 17.1 Å². The van der Waals surface area contributed by atoms with E-state index in [1.165, 1.54) is 22.8 Å². The number of carbonyl (C=O) groups excluding carboxylic acids is 1. The molecule has 3 N–H and O–H groups in total. The molecule has 1 aliphatic heterocycles. The van der Waals surface area contributed by atoms with E-state index in [1.54, 1.807) is 17.3 Å². The molecule has 1 aromatic carbocycles. The first-order chi connectivity index (χ1) is 14.0. The van der Waals surface area contributed by atoms with Crippen LogP contribution in [0.15, 0.2) is 24.4 Å². The zero-order valence-corrected chi connectivity index (χ0v) is 17.5. The first-order valence-electron chi connectivity index (χ1n) is 9.69. The Morgan fingerprint density at radius 2 is 1.87 bits per heavy atom. The maximum atomic E-state index is 12.3. The van der Waals surface area contributed by atoms with Crippen molar-refractivity contribution in [1.82, 2.24) is 14.4 Å². The van der Waals surface area contributed by atoms with Crippen LogP contribution in [0.3, 0.4) is 0 Å². The van der Waals surface area contributed by atoms with E-state index in [2.05, 4.69) is 0 Å². The molecule has 30 heavy (non-hydrogen) atoms. The number of nitrogens with zero attached hydrogens (tertiary/aromatic N) is 3. The molecule has 1 saturated heterocycles. The van der Waals surface area contributed by atoms with Crippen LogP contribution in [0.4, 0.5) is 4.79 Å². The van der Waals surface area contributed by atoms with E-state index in [4.69, 9.17) is 4.74 Å². The smallest absolute Gasteiger partial charge is 0.410 e. The van der Waals surface area contributed by atoms with Gasteiger partial charge in [-0.3, -0.25) is 4.57 Å². The summed E-state index contributed by atoms with van der Waals surface area (Å²) in [4.78, 5) is 27.3. The second-order valence-electron chi connectivity index (χ2n) is 8.40. The highest BCUT2D eigenvalue weighted by Gasteiger charge is 2.30. The SMILES string of the molecule is C[C@@H]1CN(C=Cn2c(O)c(O)c3ccc(C(=O)O)cc32)CCN1C(=O)OC(C)(C)C. The lowest BCUT2D eigenvalue weighted by Crippen LogP contribution is -2.53. The summed E-state index contributed by atoms with van der Waals surface area (Å²) in [5.74, 6) is -1.78. The highest BCUT2D eigenvalue weighted by atomic mass is 16.6. The number of benzene rings is 1. The summed E-state index contributed by atoms with van der Waals surface area (Å²) < 4.78 is 6.78. The maximum absolute atomic E-state index is 12.3. The third-order valence-corrected chi connectivity index (χ3v) is 4.91. The van der Waals surface area contributed by atoms with Gasteiger partial charge in [0.2, 0.25) is 5.88 Å². The van der Waals surface area contributed by atoms with Crippen molar-refractivity contribution in [3.8, 4) is 11.6 Å². The molecule has 9 nitrogen and oxygen atoms in total. The third-order valence-electron chi connectivity index (χ3n) is 4.91. The number of aromatic hydroxyl groups is 2. The van der Waals surface area contributed by atoms with Gasteiger partial charge in [0.05, 0.1) is 11.1 Å². The lowest BCUT2D eigenvalue weighted by atomic mass is 10.1. The number of hydrogen-bond acceptors (Lipinski definition) is 6. The summed E-state index contributed by atoms with van der Waals surface area (Å²) in [6.45, 7) is 9.01. The van der Waals surface area contributed by atoms with Crippen LogP contribution in [-0.4, -0.2) is 73.0 Å². The molecule has 2 aromatic rings. The Kier molecular flexibility index (Phi) is 5.56.